The zero-order chi connectivity index (χ0) is 10.8. The molecule has 0 amide bonds. The summed E-state index contributed by atoms with van der Waals surface area (Å²) in [5.41, 5.74) is 6.17. The number of hydrogen-bond acceptors (Lipinski definition) is 3. The Morgan fingerprint density at radius 3 is 2.50 bits per heavy atom. The van der Waals surface area contributed by atoms with Crippen LogP contribution in [0.25, 0.3) is 0 Å². The van der Waals surface area contributed by atoms with E-state index in [9.17, 15) is 0 Å². The maximum absolute atomic E-state index is 5.88. The normalized spacial score (nSPS) is 25.7. The Hall–Kier alpha value is 0.270. The van der Waals surface area contributed by atoms with Gasteiger partial charge in [0.25, 0.3) is 0 Å². The van der Waals surface area contributed by atoms with E-state index in [4.69, 9.17) is 5.73 Å². The minimum atomic E-state index is 0.288. The maximum Gasteiger partial charge on any atom is 0.0267 e. The third-order valence-corrected chi connectivity index (χ3v) is 4.34. The molecular formula is C11H24N2S. The number of nitrogens with zero attached hydrogens (tertiary/aromatic N) is 1. The SMILES string of the molecule is CN(C1CCSC1)C(CN)C(C)(C)C. The molecule has 2 unspecified atom stereocenters. The summed E-state index contributed by atoms with van der Waals surface area (Å²) in [6, 6.07) is 1.25. The fraction of sp³-hybridized carbons (Fsp3) is 1.00. The highest BCUT2D eigenvalue weighted by Crippen LogP contribution is 2.29. The fourth-order valence-corrected chi connectivity index (χ4v) is 3.51. The molecule has 3 heteroatoms. The zero-order valence-electron chi connectivity index (χ0n) is 9.92. The van der Waals surface area contributed by atoms with Crippen molar-refractivity contribution >= 4 is 11.8 Å². The van der Waals surface area contributed by atoms with Crippen molar-refractivity contribution in [1.29, 1.82) is 0 Å². The Morgan fingerprint density at radius 1 is 1.50 bits per heavy atom. The first-order chi connectivity index (χ1) is 6.46. The molecule has 1 saturated heterocycles. The van der Waals surface area contributed by atoms with Crippen LogP contribution in [0.1, 0.15) is 27.2 Å². The molecule has 0 aromatic rings. The molecule has 2 atom stereocenters. The van der Waals surface area contributed by atoms with Gasteiger partial charge in [0.15, 0.2) is 0 Å². The first-order valence-corrected chi connectivity index (χ1v) is 6.62. The van der Waals surface area contributed by atoms with Gasteiger partial charge in [-0.2, -0.15) is 11.8 Å². The number of likely N-dealkylation sites (N-methyl/N-ethyl adjacent to an activating group) is 1. The molecule has 1 rings (SSSR count). The van der Waals surface area contributed by atoms with E-state index in [1.54, 1.807) is 0 Å². The Balaban J connectivity index is 2.59. The van der Waals surface area contributed by atoms with Crippen molar-refractivity contribution in [3.8, 4) is 0 Å². The maximum atomic E-state index is 5.88. The van der Waals surface area contributed by atoms with Crippen LogP contribution in [-0.2, 0) is 0 Å². The van der Waals surface area contributed by atoms with E-state index < -0.39 is 0 Å². The summed E-state index contributed by atoms with van der Waals surface area (Å²) in [4.78, 5) is 2.50. The van der Waals surface area contributed by atoms with Crippen LogP contribution in [0.5, 0.6) is 0 Å². The summed E-state index contributed by atoms with van der Waals surface area (Å²) in [6.45, 7) is 7.61. The summed E-state index contributed by atoms with van der Waals surface area (Å²) in [5, 5.41) is 0. The zero-order valence-corrected chi connectivity index (χ0v) is 10.7. The Bertz CT molecular complexity index is 171. The molecule has 2 nitrogen and oxygen atoms in total. The van der Waals surface area contributed by atoms with Gasteiger partial charge in [0.05, 0.1) is 0 Å². The molecule has 14 heavy (non-hydrogen) atoms. The van der Waals surface area contributed by atoms with Gasteiger partial charge in [-0.25, -0.2) is 0 Å². The average molecular weight is 216 g/mol. The Labute approximate surface area is 92.6 Å². The smallest absolute Gasteiger partial charge is 0.0267 e. The van der Waals surface area contributed by atoms with Crippen LogP contribution in [0.3, 0.4) is 0 Å². The third-order valence-electron chi connectivity index (χ3n) is 3.20. The van der Waals surface area contributed by atoms with Crippen molar-refractivity contribution < 1.29 is 0 Å². The number of nitrogens with two attached hydrogens (primary N) is 1. The van der Waals surface area contributed by atoms with Gasteiger partial charge < -0.3 is 5.73 Å². The van der Waals surface area contributed by atoms with E-state index in [2.05, 4.69) is 44.5 Å². The summed E-state index contributed by atoms with van der Waals surface area (Å²) in [6.07, 6.45) is 1.33. The van der Waals surface area contributed by atoms with E-state index in [1.165, 1.54) is 17.9 Å². The predicted octanol–water partition coefficient (Wildman–Crippen LogP) is 1.80. The van der Waals surface area contributed by atoms with Gasteiger partial charge in [0, 0.05) is 24.4 Å². The van der Waals surface area contributed by atoms with Crippen molar-refractivity contribution in [3.05, 3.63) is 0 Å². The lowest BCUT2D eigenvalue weighted by molar-refractivity contribution is 0.0994. The van der Waals surface area contributed by atoms with E-state index >= 15 is 0 Å². The average Bonchev–Trinajstić information content (AvgIpc) is 2.53. The quantitative estimate of drug-likeness (QED) is 0.780. The summed E-state index contributed by atoms with van der Waals surface area (Å²) in [5.74, 6) is 2.60. The largest absolute Gasteiger partial charge is 0.329 e. The Kier molecular flexibility index (Phi) is 4.29. The second-order valence-electron chi connectivity index (χ2n) is 5.30. The lowest BCUT2D eigenvalue weighted by Gasteiger charge is -2.40. The van der Waals surface area contributed by atoms with E-state index in [0.29, 0.717) is 6.04 Å². The van der Waals surface area contributed by atoms with Gasteiger partial charge in [-0.3, -0.25) is 4.90 Å². The van der Waals surface area contributed by atoms with Gasteiger partial charge in [-0.1, -0.05) is 20.8 Å². The molecule has 1 heterocycles. The topological polar surface area (TPSA) is 29.3 Å². The van der Waals surface area contributed by atoms with Crippen LogP contribution in [0.2, 0.25) is 0 Å². The minimum absolute atomic E-state index is 0.288. The van der Waals surface area contributed by atoms with Crippen molar-refractivity contribution in [2.45, 2.75) is 39.3 Å². The lowest BCUT2D eigenvalue weighted by atomic mass is 9.85. The molecule has 0 aromatic heterocycles. The second kappa shape index (κ2) is 4.86. The molecule has 0 bridgehead atoms. The predicted molar refractivity (Wildman–Crippen MR) is 65.8 cm³/mol. The van der Waals surface area contributed by atoms with Gasteiger partial charge >= 0.3 is 0 Å². The molecule has 0 aromatic carbocycles. The number of rotatable bonds is 3. The van der Waals surface area contributed by atoms with E-state index in [-0.39, 0.29) is 5.41 Å². The molecule has 0 aliphatic carbocycles. The van der Waals surface area contributed by atoms with Crippen LogP contribution in [0, 0.1) is 5.41 Å². The highest BCUT2D eigenvalue weighted by atomic mass is 32.2. The third kappa shape index (κ3) is 2.88. The van der Waals surface area contributed by atoms with Gasteiger partial charge in [0.1, 0.15) is 0 Å². The van der Waals surface area contributed by atoms with Crippen molar-refractivity contribution in [3.63, 3.8) is 0 Å². The summed E-state index contributed by atoms with van der Waals surface area (Å²) >= 11 is 2.07. The molecule has 2 N–H and O–H groups in total. The highest BCUT2D eigenvalue weighted by molar-refractivity contribution is 7.99. The van der Waals surface area contributed by atoms with Gasteiger partial charge in [0.2, 0.25) is 0 Å². The number of hydrogen-bond donors (Lipinski definition) is 1. The van der Waals surface area contributed by atoms with Crippen LogP contribution >= 0.6 is 11.8 Å². The molecule has 0 saturated carbocycles. The van der Waals surface area contributed by atoms with Gasteiger partial charge in [-0.15, -0.1) is 0 Å². The molecular weight excluding hydrogens is 192 g/mol. The molecule has 0 spiro atoms. The van der Waals surface area contributed by atoms with Crippen LogP contribution in [0.15, 0.2) is 0 Å². The Morgan fingerprint density at radius 2 is 2.14 bits per heavy atom. The second-order valence-corrected chi connectivity index (χ2v) is 6.45. The first kappa shape index (κ1) is 12.3. The van der Waals surface area contributed by atoms with E-state index in [0.717, 1.165) is 12.6 Å². The standard InChI is InChI=1S/C11H24N2S/c1-11(2,3)10(7-12)13(4)9-5-6-14-8-9/h9-10H,5-8,12H2,1-4H3. The molecule has 0 radical (unpaired) electrons. The first-order valence-electron chi connectivity index (χ1n) is 5.46. The van der Waals surface area contributed by atoms with Crippen molar-refractivity contribution in [1.82, 2.24) is 4.90 Å². The lowest BCUT2D eigenvalue weighted by Crippen LogP contribution is -2.51. The summed E-state index contributed by atoms with van der Waals surface area (Å²) in [7, 11) is 2.24. The van der Waals surface area contributed by atoms with Crippen LogP contribution in [-0.4, -0.2) is 42.1 Å². The minimum Gasteiger partial charge on any atom is -0.329 e. The highest BCUT2D eigenvalue weighted by Gasteiger charge is 2.32. The number of thioether (sulfide) groups is 1. The van der Waals surface area contributed by atoms with Crippen LogP contribution < -0.4 is 5.73 Å². The fourth-order valence-electron chi connectivity index (χ4n) is 2.23. The summed E-state index contributed by atoms with van der Waals surface area (Å²) < 4.78 is 0. The molecule has 1 fully saturated rings. The van der Waals surface area contributed by atoms with Crippen molar-refractivity contribution in [2.75, 3.05) is 25.1 Å². The molecule has 1 aliphatic rings. The van der Waals surface area contributed by atoms with Crippen molar-refractivity contribution in [2.24, 2.45) is 11.1 Å². The van der Waals surface area contributed by atoms with E-state index in [1.807, 2.05) is 0 Å². The van der Waals surface area contributed by atoms with Gasteiger partial charge in [-0.05, 0) is 24.6 Å². The molecule has 1 aliphatic heterocycles. The molecule has 84 valence electrons. The monoisotopic (exact) mass is 216 g/mol. The van der Waals surface area contributed by atoms with Crippen LogP contribution in [0.4, 0.5) is 0 Å².